The first kappa shape index (κ1) is 21.7. The lowest BCUT2D eigenvalue weighted by molar-refractivity contribution is -0.390. The van der Waals surface area contributed by atoms with Crippen LogP contribution >= 0.6 is 27.5 Å². The molecule has 0 fully saturated rings. The molecule has 30 heavy (non-hydrogen) atoms. The van der Waals surface area contributed by atoms with Gasteiger partial charge in [-0.1, -0.05) is 16.7 Å². The van der Waals surface area contributed by atoms with E-state index in [0.717, 1.165) is 0 Å². The number of nitrogens with zero attached hydrogens (tertiary/aromatic N) is 2. The van der Waals surface area contributed by atoms with Crippen molar-refractivity contribution in [3.05, 3.63) is 67.8 Å². The Balaban J connectivity index is 1.98. The Kier molecular flexibility index (Phi) is 6.10. The molecule has 1 heterocycles. The van der Waals surface area contributed by atoms with Gasteiger partial charge in [0, 0.05) is 16.8 Å². The molecule has 0 atom stereocenters. The van der Waals surface area contributed by atoms with Gasteiger partial charge in [-0.3, -0.25) is 4.79 Å². The van der Waals surface area contributed by atoms with Crippen LogP contribution in [0.5, 0.6) is 5.75 Å². The summed E-state index contributed by atoms with van der Waals surface area (Å²) in [6.45, 7) is 0. The standard InChI is InChI=1S/C17H12BrClN4O6S/c1-29-11-6-10(20-17(24)15-14(18)16(22-21-15)23(25)26)7-13(8-11)30(27,28)12-4-2-9(19)3-5-12/h2-8H,1H3,(H,20,24)(H,21,22). The third-order valence-electron chi connectivity index (χ3n) is 3.89. The van der Waals surface area contributed by atoms with E-state index < -0.39 is 26.5 Å². The summed E-state index contributed by atoms with van der Waals surface area (Å²) in [5.74, 6) is -1.11. The van der Waals surface area contributed by atoms with E-state index in [9.17, 15) is 23.3 Å². The summed E-state index contributed by atoms with van der Waals surface area (Å²) in [7, 11) is -2.60. The number of sulfone groups is 1. The monoisotopic (exact) mass is 514 g/mol. The van der Waals surface area contributed by atoms with Crippen molar-refractivity contribution in [2.24, 2.45) is 0 Å². The Bertz CT molecular complexity index is 1240. The molecule has 0 aliphatic heterocycles. The molecule has 10 nitrogen and oxygen atoms in total. The molecule has 0 radical (unpaired) electrons. The Morgan fingerprint density at radius 3 is 2.47 bits per heavy atom. The Morgan fingerprint density at radius 2 is 1.90 bits per heavy atom. The number of ether oxygens (including phenoxy) is 1. The number of hydrogen-bond acceptors (Lipinski definition) is 7. The summed E-state index contributed by atoms with van der Waals surface area (Å²) in [6.07, 6.45) is 0. The van der Waals surface area contributed by atoms with Crippen LogP contribution in [0.15, 0.2) is 56.7 Å². The van der Waals surface area contributed by atoms with Crippen LogP contribution in [-0.2, 0) is 9.84 Å². The topological polar surface area (TPSA) is 144 Å². The Hall–Kier alpha value is -2.96. The van der Waals surface area contributed by atoms with Gasteiger partial charge in [-0.15, -0.1) is 5.10 Å². The molecular formula is C17H12BrClN4O6S. The summed E-state index contributed by atoms with van der Waals surface area (Å²) in [5.41, 5.74) is -0.184. The van der Waals surface area contributed by atoms with Crippen LogP contribution in [0.4, 0.5) is 11.5 Å². The molecule has 156 valence electrons. The van der Waals surface area contributed by atoms with Crippen LogP contribution in [0.25, 0.3) is 0 Å². The van der Waals surface area contributed by atoms with Crippen molar-refractivity contribution in [1.29, 1.82) is 0 Å². The minimum atomic E-state index is -3.94. The number of amides is 1. The van der Waals surface area contributed by atoms with Gasteiger partial charge in [0.1, 0.15) is 10.2 Å². The fraction of sp³-hybridized carbons (Fsp3) is 0.0588. The zero-order chi connectivity index (χ0) is 22.1. The molecule has 1 amide bonds. The number of carbonyl (C=O) groups excluding carboxylic acids is 1. The van der Waals surface area contributed by atoms with Gasteiger partial charge in [-0.2, -0.15) is 0 Å². The lowest BCUT2D eigenvalue weighted by atomic mass is 10.3. The van der Waals surface area contributed by atoms with Crippen molar-refractivity contribution in [1.82, 2.24) is 10.2 Å². The zero-order valence-corrected chi connectivity index (χ0v) is 18.2. The van der Waals surface area contributed by atoms with Crippen molar-refractivity contribution in [3.63, 3.8) is 0 Å². The van der Waals surface area contributed by atoms with E-state index in [0.29, 0.717) is 5.02 Å². The minimum Gasteiger partial charge on any atom is -0.497 e. The van der Waals surface area contributed by atoms with Crippen LogP contribution in [0.1, 0.15) is 10.5 Å². The van der Waals surface area contributed by atoms with Crippen molar-refractivity contribution >= 4 is 54.8 Å². The maximum atomic E-state index is 12.9. The fourth-order valence-electron chi connectivity index (χ4n) is 2.45. The highest BCUT2D eigenvalue weighted by Crippen LogP contribution is 2.30. The zero-order valence-electron chi connectivity index (χ0n) is 15.0. The van der Waals surface area contributed by atoms with Gasteiger partial charge in [0.05, 0.1) is 16.9 Å². The first-order valence-electron chi connectivity index (χ1n) is 8.03. The third kappa shape index (κ3) is 4.30. The molecule has 0 unspecified atom stereocenters. The van der Waals surface area contributed by atoms with Gasteiger partial charge in [0.15, 0.2) is 5.69 Å². The van der Waals surface area contributed by atoms with E-state index in [4.69, 9.17) is 16.3 Å². The Labute approximate surface area is 183 Å². The maximum absolute atomic E-state index is 12.9. The molecule has 13 heteroatoms. The normalized spacial score (nSPS) is 11.2. The number of nitrogens with one attached hydrogen (secondary N) is 2. The predicted octanol–water partition coefficient (Wildman–Crippen LogP) is 3.83. The molecule has 0 aliphatic rings. The summed E-state index contributed by atoms with van der Waals surface area (Å²) >= 11 is 8.76. The molecule has 0 spiro atoms. The van der Waals surface area contributed by atoms with E-state index >= 15 is 0 Å². The number of rotatable bonds is 6. The van der Waals surface area contributed by atoms with Gasteiger partial charge in [-0.25, -0.2) is 8.42 Å². The first-order valence-corrected chi connectivity index (χ1v) is 10.7. The number of halogens is 2. The van der Waals surface area contributed by atoms with E-state index in [1.165, 1.54) is 49.6 Å². The summed E-state index contributed by atoms with van der Waals surface area (Å²) in [5, 5.41) is 19.5. The number of H-pyrrole nitrogens is 1. The molecule has 0 aliphatic carbocycles. The molecule has 3 aromatic rings. The van der Waals surface area contributed by atoms with Crippen LogP contribution in [0.2, 0.25) is 5.02 Å². The smallest absolute Gasteiger partial charge is 0.357 e. The van der Waals surface area contributed by atoms with Crippen molar-refractivity contribution < 1.29 is 22.9 Å². The molecule has 3 rings (SSSR count). The lowest BCUT2D eigenvalue weighted by Crippen LogP contribution is -2.14. The molecule has 0 saturated heterocycles. The largest absolute Gasteiger partial charge is 0.497 e. The molecule has 0 saturated carbocycles. The van der Waals surface area contributed by atoms with Gasteiger partial charge in [-0.05, 0) is 57.3 Å². The predicted molar refractivity (Wildman–Crippen MR) is 111 cm³/mol. The number of methoxy groups -OCH3 is 1. The van der Waals surface area contributed by atoms with Crippen LogP contribution in [-0.4, -0.2) is 36.6 Å². The summed E-state index contributed by atoms with van der Waals surface area (Å²) in [6, 6.07) is 9.53. The second kappa shape index (κ2) is 8.42. The van der Waals surface area contributed by atoms with Gasteiger partial charge < -0.3 is 20.2 Å². The minimum absolute atomic E-state index is 0.00287. The number of carbonyl (C=O) groups is 1. The molecular weight excluding hydrogens is 504 g/mol. The lowest BCUT2D eigenvalue weighted by Gasteiger charge is -2.11. The van der Waals surface area contributed by atoms with Crippen molar-refractivity contribution in [2.45, 2.75) is 9.79 Å². The average molecular weight is 516 g/mol. The number of hydrogen-bond donors (Lipinski definition) is 2. The first-order chi connectivity index (χ1) is 14.1. The summed E-state index contributed by atoms with van der Waals surface area (Å²) in [4.78, 5) is 22.5. The molecule has 0 bridgehead atoms. The second-order valence-corrected chi connectivity index (χ2v) is 8.98. The SMILES string of the molecule is COc1cc(NC(=O)c2n[nH]c([N+](=O)[O-])c2Br)cc(S(=O)(=O)c2ccc(Cl)cc2)c1. The highest BCUT2D eigenvalue weighted by atomic mass is 79.9. The maximum Gasteiger partial charge on any atom is 0.357 e. The van der Waals surface area contributed by atoms with E-state index in [2.05, 4.69) is 31.4 Å². The second-order valence-electron chi connectivity index (χ2n) is 5.80. The van der Waals surface area contributed by atoms with Crippen LogP contribution < -0.4 is 10.1 Å². The van der Waals surface area contributed by atoms with Crippen molar-refractivity contribution in [2.75, 3.05) is 12.4 Å². The van der Waals surface area contributed by atoms with Gasteiger partial charge >= 0.3 is 5.82 Å². The van der Waals surface area contributed by atoms with E-state index in [-0.39, 0.29) is 31.4 Å². The molecule has 2 N–H and O–H groups in total. The Morgan fingerprint density at radius 1 is 1.23 bits per heavy atom. The van der Waals surface area contributed by atoms with Gasteiger partial charge in [0.25, 0.3) is 5.91 Å². The van der Waals surface area contributed by atoms with Crippen LogP contribution in [0, 0.1) is 10.1 Å². The fourth-order valence-corrected chi connectivity index (χ4v) is 4.40. The number of nitro groups is 1. The highest BCUT2D eigenvalue weighted by Gasteiger charge is 2.26. The van der Waals surface area contributed by atoms with Gasteiger partial charge in [0.2, 0.25) is 9.84 Å². The number of aromatic amines is 1. The van der Waals surface area contributed by atoms with Crippen LogP contribution in [0.3, 0.4) is 0 Å². The molecule has 1 aromatic heterocycles. The van der Waals surface area contributed by atoms with E-state index in [1.54, 1.807) is 0 Å². The van der Waals surface area contributed by atoms with E-state index in [1.807, 2.05) is 0 Å². The average Bonchev–Trinajstić information content (AvgIpc) is 3.09. The number of benzene rings is 2. The third-order valence-corrected chi connectivity index (χ3v) is 6.65. The highest BCUT2D eigenvalue weighted by molar-refractivity contribution is 9.10. The quantitative estimate of drug-likeness (QED) is 0.375. The molecule has 2 aromatic carbocycles. The number of aromatic nitrogens is 2. The summed E-state index contributed by atoms with van der Waals surface area (Å²) < 4.78 is 30.9. The number of anilines is 1. The van der Waals surface area contributed by atoms with Crippen molar-refractivity contribution in [3.8, 4) is 5.75 Å².